The van der Waals surface area contributed by atoms with Gasteiger partial charge >= 0.3 is 0 Å². The fraction of sp³-hybridized carbons (Fsp3) is 0.333. The largest absolute Gasteiger partial charge is 0.497 e. The van der Waals surface area contributed by atoms with E-state index in [1.165, 1.54) is 24.1 Å². The molecule has 0 saturated carbocycles. The third kappa shape index (κ3) is 7.55. The molecule has 0 aromatic heterocycles. The Labute approximate surface area is 241 Å². The van der Waals surface area contributed by atoms with Crippen LogP contribution in [0.25, 0.3) is 0 Å². The number of benzene rings is 3. The maximum atomic E-state index is 14.0. The highest BCUT2D eigenvalue weighted by atomic mass is 35.5. The highest BCUT2D eigenvalue weighted by molar-refractivity contribution is 7.92. The molecule has 0 saturated heterocycles. The summed E-state index contributed by atoms with van der Waals surface area (Å²) in [6.07, 6.45) is 0.718. The Balaban J connectivity index is 2.05. The van der Waals surface area contributed by atoms with Crippen LogP contribution in [0.3, 0.4) is 0 Å². The molecule has 0 spiro atoms. The summed E-state index contributed by atoms with van der Waals surface area (Å²) in [5.41, 5.74) is 1.78. The molecule has 0 unspecified atom stereocenters. The van der Waals surface area contributed by atoms with Crippen LogP contribution in [0.4, 0.5) is 5.69 Å². The van der Waals surface area contributed by atoms with E-state index in [2.05, 4.69) is 5.32 Å². The molecule has 0 fully saturated rings. The first-order valence-electron chi connectivity index (χ1n) is 13.0. The number of aryl methyl sites for hydroxylation is 1. The average molecular weight is 586 g/mol. The maximum Gasteiger partial charge on any atom is 0.264 e. The van der Waals surface area contributed by atoms with Crippen LogP contribution >= 0.6 is 11.6 Å². The number of anilines is 1. The predicted octanol–water partition coefficient (Wildman–Crippen LogP) is 5.18. The molecule has 0 radical (unpaired) electrons. The van der Waals surface area contributed by atoms with Crippen LogP contribution in [0.5, 0.6) is 5.75 Å². The fourth-order valence-electron chi connectivity index (χ4n) is 3.99. The lowest BCUT2D eigenvalue weighted by Gasteiger charge is -2.32. The number of nitrogens with one attached hydrogen (secondary N) is 1. The first-order chi connectivity index (χ1) is 19.0. The van der Waals surface area contributed by atoms with Crippen molar-refractivity contribution in [2.75, 3.05) is 18.0 Å². The van der Waals surface area contributed by atoms with E-state index in [0.29, 0.717) is 16.3 Å². The summed E-state index contributed by atoms with van der Waals surface area (Å²) in [7, 11) is -2.69. The Morgan fingerprint density at radius 1 is 1.00 bits per heavy atom. The lowest BCUT2D eigenvalue weighted by Crippen LogP contribution is -2.52. The number of carbonyl (C=O) groups excluding carboxylic acids is 2. The SMILES string of the molecule is CC[C@@H](C)NC(=O)[C@@H](C)N(Cc1ccccc1Cl)C(=O)CN(c1cccc(OC)c1)S(=O)(=O)c1ccc(C)cc1. The van der Waals surface area contributed by atoms with Gasteiger partial charge in [0.2, 0.25) is 11.8 Å². The first-order valence-corrected chi connectivity index (χ1v) is 14.9. The number of amides is 2. The Morgan fingerprint density at radius 3 is 2.30 bits per heavy atom. The third-order valence-electron chi connectivity index (χ3n) is 6.70. The van der Waals surface area contributed by atoms with Crippen molar-refractivity contribution in [3.8, 4) is 5.75 Å². The number of halogens is 1. The second kappa shape index (κ2) is 13.7. The molecule has 0 heterocycles. The van der Waals surface area contributed by atoms with Gasteiger partial charge in [0.25, 0.3) is 10.0 Å². The van der Waals surface area contributed by atoms with Gasteiger partial charge in [0.05, 0.1) is 17.7 Å². The van der Waals surface area contributed by atoms with Gasteiger partial charge in [-0.1, -0.05) is 60.5 Å². The quantitative estimate of drug-likeness (QED) is 0.316. The highest BCUT2D eigenvalue weighted by Crippen LogP contribution is 2.28. The van der Waals surface area contributed by atoms with E-state index in [9.17, 15) is 18.0 Å². The molecule has 3 aromatic rings. The molecule has 0 aliphatic rings. The third-order valence-corrected chi connectivity index (χ3v) is 8.85. The number of nitrogens with zero attached hydrogens (tertiary/aromatic N) is 2. The standard InChI is InChI=1S/C30H36ClN3O5S/c1-6-22(3)32-30(36)23(4)33(19-24-10-7-8-13-28(24)31)29(35)20-34(25-11-9-12-26(18-25)39-5)40(37,38)27-16-14-21(2)15-17-27/h7-18,22-23H,6,19-20H2,1-5H3,(H,32,36)/t22-,23-/m1/s1. The summed E-state index contributed by atoms with van der Waals surface area (Å²) in [5.74, 6) is -0.474. The van der Waals surface area contributed by atoms with Gasteiger partial charge < -0.3 is 15.0 Å². The molecule has 0 aliphatic heterocycles. The summed E-state index contributed by atoms with van der Waals surface area (Å²) in [4.78, 5) is 28.5. The molecule has 3 aromatic carbocycles. The number of carbonyl (C=O) groups is 2. The fourth-order valence-corrected chi connectivity index (χ4v) is 5.59. The van der Waals surface area contributed by atoms with Crippen molar-refractivity contribution in [1.82, 2.24) is 10.2 Å². The van der Waals surface area contributed by atoms with Crippen LogP contribution in [0.2, 0.25) is 5.02 Å². The summed E-state index contributed by atoms with van der Waals surface area (Å²) in [6, 6.07) is 18.9. The van der Waals surface area contributed by atoms with Crippen molar-refractivity contribution in [3.63, 3.8) is 0 Å². The van der Waals surface area contributed by atoms with E-state index in [1.54, 1.807) is 67.6 Å². The van der Waals surface area contributed by atoms with Gasteiger partial charge in [0.15, 0.2) is 0 Å². The number of sulfonamides is 1. The van der Waals surface area contributed by atoms with Crippen molar-refractivity contribution in [2.24, 2.45) is 0 Å². The van der Waals surface area contributed by atoms with E-state index in [0.717, 1.165) is 16.3 Å². The first kappa shape index (κ1) is 31.0. The van der Waals surface area contributed by atoms with E-state index in [1.807, 2.05) is 20.8 Å². The van der Waals surface area contributed by atoms with Gasteiger partial charge in [-0.15, -0.1) is 0 Å². The summed E-state index contributed by atoms with van der Waals surface area (Å²) in [5, 5.41) is 3.35. The molecule has 8 nitrogen and oxygen atoms in total. The topological polar surface area (TPSA) is 96.0 Å². The number of methoxy groups -OCH3 is 1. The van der Waals surface area contributed by atoms with E-state index < -0.39 is 28.5 Å². The number of rotatable bonds is 12. The van der Waals surface area contributed by atoms with Crippen molar-refractivity contribution in [1.29, 1.82) is 0 Å². The number of hydrogen-bond acceptors (Lipinski definition) is 5. The highest BCUT2D eigenvalue weighted by Gasteiger charge is 2.33. The molecule has 2 amide bonds. The Bertz CT molecular complexity index is 1430. The molecule has 2 atom stereocenters. The lowest BCUT2D eigenvalue weighted by molar-refractivity contribution is -0.139. The van der Waals surface area contributed by atoms with Crippen LogP contribution < -0.4 is 14.4 Å². The van der Waals surface area contributed by atoms with Crippen LogP contribution in [0, 0.1) is 6.92 Å². The zero-order valence-corrected chi connectivity index (χ0v) is 25.0. The minimum absolute atomic E-state index is 0.0180. The average Bonchev–Trinajstić information content (AvgIpc) is 2.95. The van der Waals surface area contributed by atoms with Crippen molar-refractivity contribution in [2.45, 2.75) is 57.6 Å². The van der Waals surface area contributed by atoms with Gasteiger partial charge in [-0.25, -0.2) is 8.42 Å². The zero-order valence-electron chi connectivity index (χ0n) is 23.4. The van der Waals surface area contributed by atoms with E-state index >= 15 is 0 Å². The van der Waals surface area contributed by atoms with Crippen LogP contribution in [-0.2, 0) is 26.2 Å². The zero-order chi connectivity index (χ0) is 29.4. The van der Waals surface area contributed by atoms with Crippen molar-refractivity contribution >= 4 is 39.1 Å². The predicted molar refractivity (Wildman–Crippen MR) is 158 cm³/mol. The molecule has 40 heavy (non-hydrogen) atoms. The molecule has 214 valence electrons. The second-order valence-corrected chi connectivity index (χ2v) is 11.9. The number of hydrogen-bond donors (Lipinski definition) is 1. The van der Waals surface area contributed by atoms with Crippen LogP contribution in [-0.4, -0.2) is 50.9 Å². The molecule has 3 rings (SSSR count). The summed E-state index contributed by atoms with van der Waals surface area (Å²) < 4.78 is 34.2. The molecule has 0 aliphatic carbocycles. The maximum absolute atomic E-state index is 14.0. The lowest BCUT2D eigenvalue weighted by atomic mass is 10.1. The second-order valence-electron chi connectivity index (χ2n) is 9.63. The molecule has 1 N–H and O–H groups in total. The normalized spacial score (nSPS) is 12.8. The van der Waals surface area contributed by atoms with Crippen molar-refractivity contribution < 1.29 is 22.7 Å². The smallest absolute Gasteiger partial charge is 0.264 e. The summed E-state index contributed by atoms with van der Waals surface area (Å²) >= 11 is 6.41. The van der Waals surface area contributed by atoms with Gasteiger partial charge in [-0.2, -0.15) is 0 Å². The molecular formula is C30H36ClN3O5S. The van der Waals surface area contributed by atoms with E-state index in [4.69, 9.17) is 16.3 Å². The number of ether oxygens (including phenoxy) is 1. The minimum Gasteiger partial charge on any atom is -0.497 e. The van der Waals surface area contributed by atoms with Gasteiger partial charge in [-0.3, -0.25) is 13.9 Å². The minimum atomic E-state index is -4.17. The molecular weight excluding hydrogens is 550 g/mol. The van der Waals surface area contributed by atoms with Crippen LogP contribution in [0.1, 0.15) is 38.3 Å². The Kier molecular flexibility index (Phi) is 10.6. The Morgan fingerprint density at radius 2 is 1.68 bits per heavy atom. The van der Waals surface area contributed by atoms with Gasteiger partial charge in [0, 0.05) is 23.7 Å². The molecule has 10 heteroatoms. The van der Waals surface area contributed by atoms with E-state index in [-0.39, 0.29) is 29.1 Å². The van der Waals surface area contributed by atoms with Gasteiger partial charge in [-0.05, 0) is 63.1 Å². The van der Waals surface area contributed by atoms with Crippen molar-refractivity contribution in [3.05, 3.63) is 88.9 Å². The van der Waals surface area contributed by atoms with Gasteiger partial charge in [0.1, 0.15) is 18.3 Å². The summed E-state index contributed by atoms with van der Waals surface area (Å²) in [6.45, 7) is 6.78. The molecule has 0 bridgehead atoms. The Hall–Kier alpha value is -3.56. The van der Waals surface area contributed by atoms with Crippen LogP contribution in [0.15, 0.2) is 77.7 Å². The monoisotopic (exact) mass is 585 g/mol.